The number of hydrogen-bond acceptors (Lipinski definition) is 5. The molecule has 0 bridgehead atoms. The molecule has 1 amide bonds. The van der Waals surface area contributed by atoms with Crippen LogP contribution in [0.1, 0.15) is 35.6 Å². The molecule has 1 atom stereocenters. The molecule has 0 saturated heterocycles. The Kier molecular flexibility index (Phi) is 5.29. The number of carbonyl (C=O) groups is 1. The van der Waals surface area contributed by atoms with Crippen molar-refractivity contribution in [1.82, 2.24) is 15.3 Å². The van der Waals surface area contributed by atoms with Crippen molar-refractivity contribution in [2.24, 2.45) is 0 Å². The molecular weight excluding hydrogens is 387 g/mol. The number of benzene rings is 1. The van der Waals surface area contributed by atoms with E-state index in [9.17, 15) is 18.0 Å². The Hall–Kier alpha value is -2.84. The predicted octanol–water partition coefficient (Wildman–Crippen LogP) is 2.87. The number of alkyl halides is 3. The van der Waals surface area contributed by atoms with E-state index in [0.717, 1.165) is 6.42 Å². The third-order valence-corrected chi connectivity index (χ3v) is 4.95. The molecule has 1 aliphatic carbocycles. The molecule has 29 heavy (non-hydrogen) atoms. The molecule has 2 heterocycles. The third kappa shape index (κ3) is 4.28. The number of para-hydroxylation sites is 2. The Labute approximate surface area is 165 Å². The molecule has 9 heteroatoms. The van der Waals surface area contributed by atoms with E-state index in [1.807, 2.05) is 0 Å². The van der Waals surface area contributed by atoms with Crippen LogP contribution in [0.2, 0.25) is 0 Å². The molecule has 154 valence electrons. The first-order valence-corrected chi connectivity index (χ1v) is 9.54. The summed E-state index contributed by atoms with van der Waals surface area (Å²) in [5, 5.41) is 2.66. The van der Waals surface area contributed by atoms with Crippen LogP contribution in [0.25, 0.3) is 0 Å². The molecule has 0 saturated carbocycles. The first-order valence-electron chi connectivity index (χ1n) is 9.54. The highest BCUT2D eigenvalue weighted by Gasteiger charge is 2.37. The lowest BCUT2D eigenvalue weighted by Gasteiger charge is -2.25. The van der Waals surface area contributed by atoms with Crippen LogP contribution in [-0.4, -0.2) is 35.1 Å². The van der Waals surface area contributed by atoms with E-state index in [2.05, 4.69) is 15.3 Å². The molecule has 0 radical (unpaired) electrons. The average molecular weight is 407 g/mol. The number of hydrogen-bond donors (Lipinski definition) is 1. The first-order chi connectivity index (χ1) is 13.9. The van der Waals surface area contributed by atoms with Crippen LogP contribution in [-0.2, 0) is 30.2 Å². The number of rotatable bonds is 4. The Morgan fingerprint density at radius 2 is 1.90 bits per heavy atom. The summed E-state index contributed by atoms with van der Waals surface area (Å²) in [5.74, 6) is 0.739. The summed E-state index contributed by atoms with van der Waals surface area (Å²) in [6.07, 6.45) is -2.83. The topological polar surface area (TPSA) is 73.3 Å². The van der Waals surface area contributed by atoms with Crippen molar-refractivity contribution in [2.75, 3.05) is 13.2 Å². The van der Waals surface area contributed by atoms with E-state index >= 15 is 0 Å². The fourth-order valence-corrected chi connectivity index (χ4v) is 3.55. The fraction of sp³-hybridized carbons (Fsp3) is 0.450. The van der Waals surface area contributed by atoms with Gasteiger partial charge in [0, 0.05) is 24.2 Å². The van der Waals surface area contributed by atoms with Crippen LogP contribution in [0, 0.1) is 0 Å². The van der Waals surface area contributed by atoms with Crippen LogP contribution < -0.4 is 14.8 Å². The standard InChI is InChI=1S/C20H20F3N3O3/c21-20(22,23)18-12-5-1-2-6-13(12)25-17(26-18)9-10-24-19(27)16-11-28-14-7-3-4-8-15(14)29-16/h3-4,7-8,16H,1-2,5-6,9-11H2,(H,24,27)/t16-/m1/s1. The molecule has 1 N–H and O–H groups in total. The molecular formula is C20H20F3N3O3. The number of fused-ring (bicyclic) bond motifs is 2. The Balaban J connectivity index is 1.39. The van der Waals surface area contributed by atoms with Gasteiger partial charge in [0.1, 0.15) is 12.4 Å². The van der Waals surface area contributed by atoms with E-state index in [1.165, 1.54) is 0 Å². The first kappa shape index (κ1) is 19.5. The Morgan fingerprint density at radius 1 is 1.14 bits per heavy atom. The molecule has 0 unspecified atom stereocenters. The summed E-state index contributed by atoms with van der Waals surface area (Å²) >= 11 is 0. The maximum Gasteiger partial charge on any atom is 0.433 e. The SMILES string of the molecule is O=C(NCCc1nc2c(c(C(F)(F)F)n1)CCCC2)[C@H]1COc2ccccc2O1. The Morgan fingerprint density at radius 3 is 2.69 bits per heavy atom. The van der Waals surface area contributed by atoms with Gasteiger partial charge in [0.25, 0.3) is 5.91 Å². The number of nitrogens with zero attached hydrogens (tertiary/aromatic N) is 2. The second kappa shape index (κ2) is 7.88. The van der Waals surface area contributed by atoms with Crippen LogP contribution in [0.5, 0.6) is 11.5 Å². The van der Waals surface area contributed by atoms with Gasteiger partial charge in [0.2, 0.25) is 6.10 Å². The lowest BCUT2D eigenvalue weighted by Crippen LogP contribution is -2.44. The van der Waals surface area contributed by atoms with Gasteiger partial charge in [-0.3, -0.25) is 4.79 Å². The van der Waals surface area contributed by atoms with Crippen LogP contribution in [0.3, 0.4) is 0 Å². The maximum atomic E-state index is 13.4. The largest absolute Gasteiger partial charge is 0.485 e. The van der Waals surface area contributed by atoms with Crippen molar-refractivity contribution in [3.63, 3.8) is 0 Å². The van der Waals surface area contributed by atoms with E-state index in [1.54, 1.807) is 24.3 Å². The van der Waals surface area contributed by atoms with Gasteiger partial charge in [-0.1, -0.05) is 12.1 Å². The highest BCUT2D eigenvalue weighted by Crippen LogP contribution is 2.34. The molecule has 1 aromatic heterocycles. The minimum atomic E-state index is -4.51. The minimum Gasteiger partial charge on any atom is -0.485 e. The van der Waals surface area contributed by atoms with Crippen LogP contribution in [0.4, 0.5) is 13.2 Å². The summed E-state index contributed by atoms with van der Waals surface area (Å²) in [4.78, 5) is 20.4. The van der Waals surface area contributed by atoms with Gasteiger partial charge in [-0.15, -0.1) is 0 Å². The van der Waals surface area contributed by atoms with Crippen molar-refractivity contribution < 1.29 is 27.4 Å². The van der Waals surface area contributed by atoms with Crippen molar-refractivity contribution in [2.45, 2.75) is 44.4 Å². The molecule has 2 aliphatic rings. The summed E-state index contributed by atoms with van der Waals surface area (Å²) in [6.45, 7) is 0.173. The summed E-state index contributed by atoms with van der Waals surface area (Å²) in [6, 6.07) is 7.02. The van der Waals surface area contributed by atoms with Crippen molar-refractivity contribution in [1.29, 1.82) is 0 Å². The quantitative estimate of drug-likeness (QED) is 0.844. The van der Waals surface area contributed by atoms with E-state index in [0.29, 0.717) is 36.5 Å². The van der Waals surface area contributed by atoms with Gasteiger partial charge in [-0.05, 0) is 37.8 Å². The molecule has 4 rings (SSSR count). The fourth-order valence-electron chi connectivity index (χ4n) is 3.55. The lowest BCUT2D eigenvalue weighted by atomic mass is 9.94. The molecule has 1 aliphatic heterocycles. The maximum absolute atomic E-state index is 13.4. The van der Waals surface area contributed by atoms with E-state index in [4.69, 9.17) is 9.47 Å². The van der Waals surface area contributed by atoms with E-state index in [-0.39, 0.29) is 31.0 Å². The lowest BCUT2D eigenvalue weighted by molar-refractivity contribution is -0.142. The zero-order chi connectivity index (χ0) is 20.4. The number of halogens is 3. The normalized spacial score (nSPS) is 18.1. The van der Waals surface area contributed by atoms with Crippen LogP contribution >= 0.6 is 0 Å². The number of carbonyl (C=O) groups excluding carboxylic acids is 1. The van der Waals surface area contributed by atoms with E-state index < -0.39 is 23.9 Å². The third-order valence-electron chi connectivity index (χ3n) is 4.95. The molecule has 6 nitrogen and oxygen atoms in total. The number of amides is 1. The van der Waals surface area contributed by atoms with Gasteiger partial charge in [-0.25, -0.2) is 9.97 Å². The monoisotopic (exact) mass is 407 g/mol. The molecule has 1 aromatic carbocycles. The minimum absolute atomic E-state index is 0.0659. The predicted molar refractivity (Wildman–Crippen MR) is 96.7 cm³/mol. The zero-order valence-corrected chi connectivity index (χ0v) is 15.6. The van der Waals surface area contributed by atoms with Crippen LogP contribution in [0.15, 0.2) is 24.3 Å². The molecule has 2 aromatic rings. The Bertz CT molecular complexity index is 918. The van der Waals surface area contributed by atoms with Crippen molar-refractivity contribution in [3.8, 4) is 11.5 Å². The highest BCUT2D eigenvalue weighted by molar-refractivity contribution is 5.81. The number of aromatic nitrogens is 2. The molecule has 0 spiro atoms. The van der Waals surface area contributed by atoms with Gasteiger partial charge in [0.15, 0.2) is 17.2 Å². The number of nitrogens with one attached hydrogen (secondary N) is 1. The van der Waals surface area contributed by atoms with Crippen molar-refractivity contribution in [3.05, 3.63) is 47.0 Å². The van der Waals surface area contributed by atoms with Gasteiger partial charge < -0.3 is 14.8 Å². The summed E-state index contributed by atoms with van der Waals surface area (Å²) in [5.41, 5.74) is -0.160. The highest BCUT2D eigenvalue weighted by atomic mass is 19.4. The molecule has 0 fully saturated rings. The number of aryl methyl sites for hydroxylation is 1. The zero-order valence-electron chi connectivity index (χ0n) is 15.6. The number of ether oxygens (including phenoxy) is 2. The van der Waals surface area contributed by atoms with Crippen molar-refractivity contribution >= 4 is 5.91 Å². The van der Waals surface area contributed by atoms with Gasteiger partial charge >= 0.3 is 6.18 Å². The van der Waals surface area contributed by atoms with Gasteiger partial charge in [0.05, 0.1) is 0 Å². The smallest absolute Gasteiger partial charge is 0.433 e. The second-order valence-corrected chi connectivity index (χ2v) is 7.02. The second-order valence-electron chi connectivity index (χ2n) is 7.02. The average Bonchev–Trinajstić information content (AvgIpc) is 2.72. The van der Waals surface area contributed by atoms with Gasteiger partial charge in [-0.2, -0.15) is 13.2 Å². The summed E-state index contributed by atoms with van der Waals surface area (Å²) < 4.78 is 51.3. The summed E-state index contributed by atoms with van der Waals surface area (Å²) in [7, 11) is 0.